The van der Waals surface area contributed by atoms with E-state index in [1.54, 1.807) is 39.1 Å². The quantitative estimate of drug-likeness (QED) is 0.211. The predicted octanol–water partition coefficient (Wildman–Crippen LogP) is 7.36. The van der Waals surface area contributed by atoms with Crippen LogP contribution in [0.2, 0.25) is 0 Å². The van der Waals surface area contributed by atoms with E-state index in [9.17, 15) is 53.9 Å². The Bertz CT molecular complexity index is 985. The number of halogens is 10. The molecule has 264 valence electrons. The number of alkyl halides is 7. The molecule has 0 atom stereocenters. The molecule has 0 aromatic carbocycles. The van der Waals surface area contributed by atoms with E-state index in [0.717, 1.165) is 15.1 Å². The number of nitrogens with zero attached hydrogens (tertiary/aromatic N) is 4. The first kappa shape index (κ1) is 53.1. The van der Waals surface area contributed by atoms with Crippen molar-refractivity contribution in [2.45, 2.75) is 62.7 Å². The van der Waals surface area contributed by atoms with Crippen LogP contribution in [0.15, 0.2) is 18.3 Å². The molecule has 2 aromatic heterocycles. The van der Waals surface area contributed by atoms with Gasteiger partial charge >= 0.3 is 24.4 Å². The zero-order valence-electron chi connectivity index (χ0n) is 21.2. The second-order valence-corrected chi connectivity index (χ2v) is 6.82. The highest BCUT2D eigenvalue weighted by molar-refractivity contribution is 5.70. The Kier molecular flexibility index (Phi) is 32.7. The van der Waals surface area contributed by atoms with Crippen molar-refractivity contribution in [3.05, 3.63) is 35.4 Å². The lowest BCUT2D eigenvalue weighted by Gasteiger charge is -2.10. The number of hydrogen-bond donors (Lipinski definition) is 0. The van der Waals surface area contributed by atoms with Crippen LogP contribution in [0, 0.1) is 20.8 Å². The van der Waals surface area contributed by atoms with Gasteiger partial charge < -0.3 is 9.47 Å². The van der Waals surface area contributed by atoms with E-state index in [-0.39, 0.29) is 36.3 Å². The number of rotatable bonds is 8. The highest BCUT2D eigenvalue weighted by Gasteiger charge is 2.35. The fourth-order valence-electron chi connectivity index (χ4n) is 2.13. The van der Waals surface area contributed by atoms with Crippen LogP contribution < -0.4 is 4.68 Å². The molecule has 0 spiro atoms. The van der Waals surface area contributed by atoms with Crippen LogP contribution in [-0.4, -0.2) is 72.3 Å². The molecule has 0 amide bonds. The Morgan fingerprint density at radius 3 is 1.66 bits per heavy atom. The topological polar surface area (TPSA) is 107 Å². The number of aryl methyl sites for hydroxylation is 4. The highest BCUT2D eigenvalue weighted by Crippen LogP contribution is 2.16. The Morgan fingerprint density at radius 1 is 0.864 bits per heavy atom. The summed E-state index contributed by atoms with van der Waals surface area (Å²) in [4.78, 5) is 29.1. The third-order valence-electron chi connectivity index (χ3n) is 3.63. The van der Waals surface area contributed by atoms with E-state index in [1.165, 1.54) is 11.7 Å². The van der Waals surface area contributed by atoms with Gasteiger partial charge in [-0.3, -0.25) is 0 Å². The van der Waals surface area contributed by atoms with Gasteiger partial charge in [0, 0.05) is 11.8 Å². The normalized spacial score (nSPS) is 9.77. The third-order valence-corrected chi connectivity index (χ3v) is 3.63. The second kappa shape index (κ2) is 27.1. The summed E-state index contributed by atoms with van der Waals surface area (Å²) >= 11 is 0. The van der Waals surface area contributed by atoms with Gasteiger partial charge in [0.1, 0.15) is 13.3 Å². The van der Waals surface area contributed by atoms with Crippen LogP contribution >= 0.6 is 0 Å². The van der Waals surface area contributed by atoms with Crippen molar-refractivity contribution in [3.63, 3.8) is 0 Å². The van der Waals surface area contributed by atoms with E-state index in [1.807, 2.05) is 4.94 Å². The maximum Gasteiger partial charge on any atom is 0.468 e. The molecule has 0 aliphatic carbocycles. The summed E-state index contributed by atoms with van der Waals surface area (Å²) < 4.78 is 122. The molecular weight excluding hydrogens is 634 g/mol. The average molecular weight is 676 g/mol. The van der Waals surface area contributed by atoms with Crippen LogP contribution in [0.5, 0.6) is 0 Å². The van der Waals surface area contributed by atoms with Crippen molar-refractivity contribution < 1.29 is 82.9 Å². The van der Waals surface area contributed by atoms with Crippen molar-refractivity contribution in [3.8, 4) is 0 Å². The number of hydrogen-bond acceptors (Lipinski definition) is 8. The zero-order chi connectivity index (χ0) is 31.5. The number of ether oxygens (including phenoxy) is 2. The molecule has 2 heterocycles. The van der Waals surface area contributed by atoms with Gasteiger partial charge in [-0.25, -0.2) is 22.8 Å². The van der Waals surface area contributed by atoms with Crippen LogP contribution in [0.4, 0.5) is 53.9 Å². The molecule has 0 saturated heterocycles. The molecular formula is C23H41F10N4O7+. The van der Waals surface area contributed by atoms with Crippen molar-refractivity contribution in [1.82, 2.24) is 14.5 Å². The monoisotopic (exact) mass is 675 g/mol. The molecule has 11 nitrogen and oxygen atoms in total. The third kappa shape index (κ3) is 22.1. The van der Waals surface area contributed by atoms with Crippen LogP contribution in [-0.2, 0) is 31.3 Å². The SMILES string of the molecule is C.C.C.C.Cc1cc(C)n(C(=O)OCCF)n1.Cc1cc[n+](C)n1C(=O)OCC(F)(F)OF.FCC(F)(F)OF.FCOF. The minimum atomic E-state index is -4.25. The molecule has 2 rings (SSSR count). The van der Waals surface area contributed by atoms with Crippen molar-refractivity contribution >= 4 is 12.2 Å². The molecule has 44 heavy (non-hydrogen) atoms. The van der Waals surface area contributed by atoms with Gasteiger partial charge in [-0.15, -0.1) is 14.6 Å². The summed E-state index contributed by atoms with van der Waals surface area (Å²) in [6.07, 6.45) is -8.51. The van der Waals surface area contributed by atoms with Gasteiger partial charge in [0.2, 0.25) is 6.86 Å². The Hall–Kier alpha value is -3.46. The fraction of sp³-hybridized carbons (Fsp3) is 0.652. The number of aromatic nitrogens is 4. The minimum absolute atomic E-state index is 0. The summed E-state index contributed by atoms with van der Waals surface area (Å²) in [7, 11) is 1.53. The summed E-state index contributed by atoms with van der Waals surface area (Å²) in [6.45, 7) is -0.778. The molecule has 0 saturated carbocycles. The first-order valence-corrected chi connectivity index (χ1v) is 10.2. The average Bonchev–Trinajstić information content (AvgIpc) is 3.45. The van der Waals surface area contributed by atoms with E-state index in [0.29, 0.717) is 11.4 Å². The van der Waals surface area contributed by atoms with Gasteiger partial charge in [0.25, 0.3) is 0 Å². The molecule has 0 unspecified atom stereocenters. The molecule has 0 aliphatic heterocycles. The van der Waals surface area contributed by atoms with Gasteiger partial charge in [-0.05, 0) is 40.4 Å². The van der Waals surface area contributed by atoms with E-state index < -0.39 is 51.2 Å². The van der Waals surface area contributed by atoms with Crippen molar-refractivity contribution in [2.24, 2.45) is 7.05 Å². The lowest BCUT2D eigenvalue weighted by molar-refractivity contribution is -0.743. The standard InChI is InChI=1S/C8H10F3N2O3.C8H11FN2O2.C2H2F4O.CH2F2O.4CH4/c1-6-3-4-12(2)13(6)7(14)15-5-8(9,10)16-11;1-6-5-7(2)11(10-6)8(12)13-4-3-9;3-1-2(4,5)7-6;2-1-4-3;;;;/h3-4H,5H2,1-2H3;5H,3-4H2,1-2H3;1H2;1H2;4*1H4/q+1;;;;;;;. The molecule has 2 aromatic rings. The number of carbonyl (C=O) groups is 2. The van der Waals surface area contributed by atoms with E-state index in [2.05, 4.69) is 24.5 Å². The predicted molar refractivity (Wildman–Crippen MR) is 137 cm³/mol. The largest absolute Gasteiger partial charge is 0.468 e. The van der Waals surface area contributed by atoms with Gasteiger partial charge in [0.05, 0.1) is 11.4 Å². The minimum Gasteiger partial charge on any atom is -0.445 e. The van der Waals surface area contributed by atoms with Crippen LogP contribution in [0.1, 0.15) is 46.8 Å². The summed E-state index contributed by atoms with van der Waals surface area (Å²) in [6, 6.07) is 3.34. The summed E-state index contributed by atoms with van der Waals surface area (Å²) in [5, 5.41) is 3.88. The Morgan fingerprint density at radius 2 is 1.36 bits per heavy atom. The molecule has 0 aliphatic rings. The Labute approximate surface area is 248 Å². The lowest BCUT2D eigenvalue weighted by Crippen LogP contribution is -2.44. The summed E-state index contributed by atoms with van der Waals surface area (Å²) in [5.41, 5.74) is 1.91. The molecule has 0 bridgehead atoms. The molecule has 0 radical (unpaired) electrons. The highest BCUT2D eigenvalue weighted by atomic mass is 19.4. The maximum atomic E-state index is 12.3. The summed E-state index contributed by atoms with van der Waals surface area (Å²) in [5.74, 6) is 0. The smallest absolute Gasteiger partial charge is 0.445 e. The molecule has 0 fully saturated rings. The molecule has 0 N–H and O–H groups in total. The van der Waals surface area contributed by atoms with Crippen molar-refractivity contribution in [1.29, 1.82) is 0 Å². The van der Waals surface area contributed by atoms with E-state index >= 15 is 0 Å². The Balaban J connectivity index is -0.000000117. The number of carbonyl (C=O) groups excluding carboxylic acids is 2. The van der Waals surface area contributed by atoms with Gasteiger partial charge in [0.15, 0.2) is 26.5 Å². The zero-order valence-corrected chi connectivity index (χ0v) is 21.2. The van der Waals surface area contributed by atoms with E-state index in [4.69, 9.17) is 0 Å². The fourth-order valence-corrected chi connectivity index (χ4v) is 2.13. The van der Waals surface area contributed by atoms with Crippen LogP contribution in [0.3, 0.4) is 0 Å². The van der Waals surface area contributed by atoms with Gasteiger partial charge in [-0.2, -0.15) is 32.3 Å². The lowest BCUT2D eigenvalue weighted by atomic mass is 10.4. The first-order valence-electron chi connectivity index (χ1n) is 10.2. The van der Waals surface area contributed by atoms with Crippen molar-refractivity contribution in [2.75, 3.05) is 33.4 Å². The maximum absolute atomic E-state index is 12.3. The first-order chi connectivity index (χ1) is 18.6. The van der Waals surface area contributed by atoms with Gasteiger partial charge in [-0.1, -0.05) is 34.4 Å². The molecule has 21 heteroatoms. The van der Waals surface area contributed by atoms with Crippen LogP contribution in [0.25, 0.3) is 0 Å². The second-order valence-electron chi connectivity index (χ2n) is 6.82.